The first kappa shape index (κ1) is 17.0. The Hall–Kier alpha value is -2.35. The second-order valence-corrected chi connectivity index (χ2v) is 5.81. The molecule has 0 spiro atoms. The Balaban J connectivity index is 1.96. The molecule has 1 aromatic heterocycles. The molecule has 23 heavy (non-hydrogen) atoms. The molecule has 124 valence electrons. The first-order chi connectivity index (χ1) is 11.1. The number of aromatic nitrogens is 2. The van der Waals surface area contributed by atoms with Crippen molar-refractivity contribution in [2.24, 2.45) is 5.73 Å². The molecule has 2 rings (SSSR count). The molecule has 0 saturated heterocycles. The van der Waals surface area contributed by atoms with Crippen LogP contribution < -0.4 is 15.8 Å². The van der Waals surface area contributed by atoms with Crippen LogP contribution in [0.2, 0.25) is 0 Å². The fourth-order valence-electron chi connectivity index (χ4n) is 1.87. The van der Waals surface area contributed by atoms with Crippen LogP contribution in [-0.2, 0) is 11.2 Å². The highest BCUT2D eigenvalue weighted by Gasteiger charge is 2.18. The summed E-state index contributed by atoms with van der Waals surface area (Å²) in [5.41, 5.74) is 6.32. The molecule has 0 saturated carbocycles. The molecule has 0 bridgehead atoms. The largest absolute Gasteiger partial charge is 0.508 e. The number of nitrogens with zero attached hydrogens (tertiary/aromatic N) is 2. The molecule has 1 atom stereocenters. The lowest BCUT2D eigenvalue weighted by Crippen LogP contribution is -2.37. The van der Waals surface area contributed by atoms with E-state index >= 15 is 0 Å². The minimum absolute atomic E-state index is 0.176. The molecule has 0 fully saturated rings. The molecule has 0 aliphatic rings. The highest BCUT2D eigenvalue weighted by atomic mass is 32.1. The third-order valence-electron chi connectivity index (χ3n) is 3.15. The van der Waals surface area contributed by atoms with E-state index in [-0.39, 0.29) is 5.75 Å². The number of ether oxygens (including phenoxy) is 1. The highest BCUT2D eigenvalue weighted by molar-refractivity contribution is 7.09. The summed E-state index contributed by atoms with van der Waals surface area (Å²) in [6.45, 7) is 2.64. The van der Waals surface area contributed by atoms with Gasteiger partial charge < -0.3 is 20.9 Å². The Labute approximate surface area is 138 Å². The number of phenols is 1. The van der Waals surface area contributed by atoms with Crippen molar-refractivity contribution >= 4 is 22.6 Å². The van der Waals surface area contributed by atoms with E-state index in [1.54, 1.807) is 24.3 Å². The van der Waals surface area contributed by atoms with E-state index in [9.17, 15) is 9.90 Å². The van der Waals surface area contributed by atoms with Gasteiger partial charge in [0.05, 0.1) is 6.61 Å². The van der Waals surface area contributed by atoms with Crippen molar-refractivity contribution in [1.82, 2.24) is 9.36 Å². The Bertz CT molecular complexity index is 630. The van der Waals surface area contributed by atoms with Gasteiger partial charge in [-0.1, -0.05) is 25.5 Å². The van der Waals surface area contributed by atoms with Gasteiger partial charge in [-0.05, 0) is 24.1 Å². The number of amides is 1. The molecular formula is C15H20N4O3S. The summed E-state index contributed by atoms with van der Waals surface area (Å²) >= 11 is 1.12. The lowest BCUT2D eigenvalue weighted by Gasteiger charge is -2.14. The van der Waals surface area contributed by atoms with Crippen molar-refractivity contribution in [3.05, 3.63) is 29.8 Å². The molecule has 0 aliphatic carbocycles. The van der Waals surface area contributed by atoms with E-state index < -0.39 is 11.9 Å². The van der Waals surface area contributed by atoms with Crippen molar-refractivity contribution in [3.63, 3.8) is 0 Å². The predicted molar refractivity (Wildman–Crippen MR) is 88.7 cm³/mol. The number of anilines is 1. The van der Waals surface area contributed by atoms with Crippen LogP contribution >= 0.6 is 11.5 Å². The Morgan fingerprint density at radius 3 is 2.83 bits per heavy atom. The quantitative estimate of drug-likeness (QED) is 0.604. The number of phenolic OH excluding ortho intramolecular Hbond substituents is 1. The minimum atomic E-state index is -0.615. The SMILES string of the molecule is CCCCOc1nsc(N[C@@H](Cc2ccc(O)cc2)C(N)=O)n1. The van der Waals surface area contributed by atoms with Crippen LogP contribution in [0.25, 0.3) is 0 Å². The molecule has 4 N–H and O–H groups in total. The molecular weight excluding hydrogens is 316 g/mol. The smallest absolute Gasteiger partial charge is 0.330 e. The van der Waals surface area contributed by atoms with Crippen molar-refractivity contribution in [2.75, 3.05) is 11.9 Å². The van der Waals surface area contributed by atoms with Crippen LogP contribution in [0, 0.1) is 0 Å². The van der Waals surface area contributed by atoms with Gasteiger partial charge in [0.15, 0.2) is 0 Å². The summed E-state index contributed by atoms with van der Waals surface area (Å²) in [6, 6.07) is 6.31. The monoisotopic (exact) mass is 336 g/mol. The average molecular weight is 336 g/mol. The van der Waals surface area contributed by atoms with E-state index in [4.69, 9.17) is 10.5 Å². The molecule has 1 aromatic carbocycles. The number of unbranched alkanes of at least 4 members (excludes halogenated alkanes) is 1. The van der Waals surface area contributed by atoms with Gasteiger partial charge in [0.1, 0.15) is 11.8 Å². The number of nitrogens with two attached hydrogens (primary N) is 1. The molecule has 0 aliphatic heterocycles. The van der Waals surface area contributed by atoms with Gasteiger partial charge in [-0.3, -0.25) is 4.79 Å². The summed E-state index contributed by atoms with van der Waals surface area (Å²) < 4.78 is 9.48. The highest BCUT2D eigenvalue weighted by Crippen LogP contribution is 2.19. The summed E-state index contributed by atoms with van der Waals surface area (Å²) in [5, 5.41) is 12.8. The molecule has 0 unspecified atom stereocenters. The average Bonchev–Trinajstić information content (AvgIpc) is 2.96. The molecule has 1 heterocycles. The number of nitrogens with one attached hydrogen (secondary N) is 1. The molecule has 1 amide bonds. The maximum absolute atomic E-state index is 11.6. The van der Waals surface area contributed by atoms with E-state index in [0.717, 1.165) is 29.9 Å². The zero-order chi connectivity index (χ0) is 16.7. The Morgan fingerprint density at radius 2 is 2.17 bits per heavy atom. The maximum atomic E-state index is 11.6. The normalized spacial score (nSPS) is 11.9. The molecule has 7 nitrogen and oxygen atoms in total. The van der Waals surface area contributed by atoms with Crippen LogP contribution in [0.4, 0.5) is 5.13 Å². The third kappa shape index (κ3) is 5.41. The number of rotatable bonds is 9. The van der Waals surface area contributed by atoms with Gasteiger partial charge in [-0.2, -0.15) is 4.98 Å². The van der Waals surface area contributed by atoms with Crippen molar-refractivity contribution in [1.29, 1.82) is 0 Å². The van der Waals surface area contributed by atoms with Crippen LogP contribution in [0.15, 0.2) is 24.3 Å². The fraction of sp³-hybridized carbons (Fsp3) is 0.400. The Morgan fingerprint density at radius 1 is 1.43 bits per heavy atom. The first-order valence-electron chi connectivity index (χ1n) is 7.38. The van der Waals surface area contributed by atoms with Gasteiger partial charge in [0, 0.05) is 18.0 Å². The third-order valence-corrected chi connectivity index (χ3v) is 3.78. The standard InChI is InChI=1S/C15H20N4O3S/c1-2-3-8-22-14-18-15(23-19-14)17-12(13(16)21)9-10-4-6-11(20)7-5-10/h4-7,12,20H,2-3,8-9H2,1H3,(H2,16,21)(H,17,18,19)/t12-/m0/s1. The number of hydrogen-bond acceptors (Lipinski definition) is 7. The first-order valence-corrected chi connectivity index (χ1v) is 8.16. The van der Waals surface area contributed by atoms with E-state index in [2.05, 4.69) is 21.6 Å². The van der Waals surface area contributed by atoms with Gasteiger partial charge in [-0.15, -0.1) is 4.37 Å². The number of benzene rings is 1. The van der Waals surface area contributed by atoms with Crippen molar-refractivity contribution < 1.29 is 14.6 Å². The predicted octanol–water partition coefficient (Wildman–Crippen LogP) is 1.93. The number of aromatic hydroxyl groups is 1. The van der Waals surface area contributed by atoms with Crippen LogP contribution in [-0.4, -0.2) is 33.0 Å². The fourth-order valence-corrected chi connectivity index (χ4v) is 2.45. The second kappa shape index (κ2) is 8.33. The minimum Gasteiger partial charge on any atom is -0.508 e. The molecule has 0 radical (unpaired) electrons. The Kier molecular flexibility index (Phi) is 6.16. The summed E-state index contributed by atoms with van der Waals surface area (Å²) in [7, 11) is 0. The number of carbonyl (C=O) groups is 1. The van der Waals surface area contributed by atoms with Crippen LogP contribution in [0.5, 0.6) is 11.8 Å². The van der Waals surface area contributed by atoms with Gasteiger partial charge in [0.25, 0.3) is 0 Å². The lowest BCUT2D eigenvalue weighted by molar-refractivity contribution is -0.118. The molecule has 2 aromatic rings. The lowest BCUT2D eigenvalue weighted by atomic mass is 10.1. The van der Waals surface area contributed by atoms with Gasteiger partial charge >= 0.3 is 6.01 Å². The van der Waals surface area contributed by atoms with Gasteiger partial charge in [0.2, 0.25) is 11.0 Å². The number of hydrogen-bond donors (Lipinski definition) is 3. The van der Waals surface area contributed by atoms with Crippen molar-refractivity contribution in [3.8, 4) is 11.8 Å². The van der Waals surface area contributed by atoms with Crippen LogP contribution in [0.3, 0.4) is 0 Å². The number of primary amides is 1. The van der Waals surface area contributed by atoms with E-state index in [0.29, 0.717) is 24.2 Å². The number of carbonyl (C=O) groups excluding carboxylic acids is 1. The maximum Gasteiger partial charge on any atom is 0.330 e. The summed E-state index contributed by atoms with van der Waals surface area (Å²) in [4.78, 5) is 15.8. The van der Waals surface area contributed by atoms with Crippen LogP contribution in [0.1, 0.15) is 25.3 Å². The topological polar surface area (TPSA) is 110 Å². The zero-order valence-corrected chi connectivity index (χ0v) is 13.7. The van der Waals surface area contributed by atoms with E-state index in [1.165, 1.54) is 0 Å². The van der Waals surface area contributed by atoms with E-state index in [1.807, 2.05) is 0 Å². The molecule has 8 heteroatoms. The second-order valence-electron chi connectivity index (χ2n) is 5.05. The van der Waals surface area contributed by atoms with Gasteiger partial charge in [-0.25, -0.2) is 0 Å². The summed E-state index contributed by atoms with van der Waals surface area (Å²) in [6.07, 6.45) is 2.36. The van der Waals surface area contributed by atoms with Crippen molar-refractivity contribution in [2.45, 2.75) is 32.2 Å². The summed E-state index contributed by atoms with van der Waals surface area (Å²) in [5.74, 6) is -0.308. The zero-order valence-electron chi connectivity index (χ0n) is 12.9.